The number of carbonyl (C=O) groups is 5. The van der Waals surface area contributed by atoms with Crippen LogP contribution in [0.15, 0.2) is 54.6 Å². The number of hydrogen-bond donors (Lipinski definition) is 4. The number of amides is 3. The Balaban J connectivity index is 1.95. The zero-order valence-electron chi connectivity index (χ0n) is 24.6. The van der Waals surface area contributed by atoms with E-state index in [9.17, 15) is 24.0 Å². The number of benzene rings is 2. The lowest BCUT2D eigenvalue weighted by atomic mass is 9.90. The van der Waals surface area contributed by atoms with Gasteiger partial charge in [0.25, 0.3) is 0 Å². The van der Waals surface area contributed by atoms with Gasteiger partial charge >= 0.3 is 12.1 Å². The predicted octanol–water partition coefficient (Wildman–Crippen LogP) is 4.82. The largest absolute Gasteiger partial charge is 0.481 e. The van der Waals surface area contributed by atoms with Gasteiger partial charge in [-0.2, -0.15) is 0 Å². The quantitative estimate of drug-likeness (QED) is 0.156. The normalized spacial score (nSPS) is 12.0. The molecule has 4 N–H and O–H groups in total. The summed E-state index contributed by atoms with van der Waals surface area (Å²) in [5.74, 6) is -2.79. The van der Waals surface area contributed by atoms with Gasteiger partial charge in [-0.3, -0.25) is 19.2 Å². The van der Waals surface area contributed by atoms with E-state index in [1.54, 1.807) is 24.3 Å². The molecule has 2 aromatic carbocycles. The van der Waals surface area contributed by atoms with E-state index in [1.807, 2.05) is 37.3 Å². The Morgan fingerprint density at radius 1 is 0.884 bits per heavy atom. The lowest BCUT2D eigenvalue weighted by Gasteiger charge is -2.22. The van der Waals surface area contributed by atoms with E-state index >= 15 is 0 Å². The molecule has 43 heavy (non-hydrogen) atoms. The van der Waals surface area contributed by atoms with Crippen molar-refractivity contribution in [3.05, 3.63) is 70.7 Å². The Bertz CT molecular complexity index is 1190. The van der Waals surface area contributed by atoms with Crippen LogP contribution in [0.5, 0.6) is 0 Å². The Hall–Kier alpha value is -3.92. The van der Waals surface area contributed by atoms with Crippen LogP contribution >= 0.6 is 11.6 Å². The number of nitrogens with one attached hydrogen (secondary N) is 3. The van der Waals surface area contributed by atoms with Crippen LogP contribution < -0.4 is 16.0 Å². The molecule has 0 radical (unpaired) electrons. The monoisotopic (exact) mass is 615 g/mol. The number of rotatable bonds is 20. The molecule has 234 valence electrons. The van der Waals surface area contributed by atoms with Crippen LogP contribution in [0, 0.1) is 5.92 Å². The van der Waals surface area contributed by atoms with Gasteiger partial charge in [-0.25, -0.2) is 4.79 Å². The van der Waals surface area contributed by atoms with Gasteiger partial charge in [0, 0.05) is 42.4 Å². The minimum Gasteiger partial charge on any atom is -0.481 e. The van der Waals surface area contributed by atoms with Crippen LogP contribution in [-0.4, -0.2) is 53.9 Å². The first kappa shape index (κ1) is 35.3. The van der Waals surface area contributed by atoms with E-state index in [-0.39, 0.29) is 44.0 Å². The number of carbonyl (C=O) groups excluding carboxylic acids is 4. The molecule has 2 rings (SSSR count). The summed E-state index contributed by atoms with van der Waals surface area (Å²) in [5, 5.41) is 17.7. The number of ketones is 1. The highest BCUT2D eigenvalue weighted by Crippen LogP contribution is 2.18. The molecule has 3 amide bonds. The Kier molecular flexibility index (Phi) is 16.5. The van der Waals surface area contributed by atoms with Crippen molar-refractivity contribution in [2.75, 3.05) is 13.1 Å². The van der Waals surface area contributed by atoms with Crippen molar-refractivity contribution < 1.29 is 33.8 Å². The summed E-state index contributed by atoms with van der Waals surface area (Å²) in [5.41, 5.74) is 1.53. The van der Waals surface area contributed by atoms with Crippen molar-refractivity contribution in [3.63, 3.8) is 0 Å². The fourth-order valence-corrected chi connectivity index (χ4v) is 4.53. The zero-order valence-corrected chi connectivity index (χ0v) is 25.4. The van der Waals surface area contributed by atoms with E-state index in [0.717, 1.165) is 18.4 Å². The molecule has 2 aromatic rings. The van der Waals surface area contributed by atoms with E-state index < -0.39 is 29.9 Å². The second-order valence-corrected chi connectivity index (χ2v) is 10.7. The van der Waals surface area contributed by atoms with Crippen LogP contribution in [0.2, 0.25) is 5.02 Å². The molecule has 2 unspecified atom stereocenters. The molecule has 0 bridgehead atoms. The summed E-state index contributed by atoms with van der Waals surface area (Å²) >= 11 is 6.08. The van der Waals surface area contributed by atoms with Crippen LogP contribution in [0.3, 0.4) is 0 Å². The molecule has 2 atom stereocenters. The first-order valence-corrected chi connectivity index (χ1v) is 15.1. The summed E-state index contributed by atoms with van der Waals surface area (Å²) in [4.78, 5) is 61.9. The van der Waals surface area contributed by atoms with E-state index in [0.29, 0.717) is 42.9 Å². The fraction of sp³-hybridized carbons (Fsp3) is 0.469. The van der Waals surface area contributed by atoms with Crippen molar-refractivity contribution in [1.82, 2.24) is 16.0 Å². The lowest BCUT2D eigenvalue weighted by molar-refractivity contribution is -0.139. The second kappa shape index (κ2) is 20.1. The number of halogens is 1. The van der Waals surface area contributed by atoms with Crippen molar-refractivity contribution in [1.29, 1.82) is 0 Å². The molecule has 10 nitrogen and oxygen atoms in total. The first-order chi connectivity index (χ1) is 20.7. The van der Waals surface area contributed by atoms with Crippen molar-refractivity contribution in [2.45, 2.75) is 77.4 Å². The SMILES string of the molecule is CCCCNC(=O)C(CCCCNC(=O)OCc1ccccc1Cl)CC(=O)C(Cc1ccccc1)NC(=O)CCC(=O)O. The number of aliphatic carboxylic acids is 1. The van der Waals surface area contributed by atoms with Gasteiger partial charge in [0.2, 0.25) is 11.8 Å². The lowest BCUT2D eigenvalue weighted by Crippen LogP contribution is -2.44. The van der Waals surface area contributed by atoms with Gasteiger partial charge in [-0.15, -0.1) is 0 Å². The summed E-state index contributed by atoms with van der Waals surface area (Å²) in [6.45, 7) is 2.89. The highest BCUT2D eigenvalue weighted by molar-refractivity contribution is 6.31. The molecule has 0 heterocycles. The molecule has 0 saturated heterocycles. The highest BCUT2D eigenvalue weighted by atomic mass is 35.5. The van der Waals surface area contributed by atoms with Crippen molar-refractivity contribution in [3.8, 4) is 0 Å². The smallest absolute Gasteiger partial charge is 0.407 e. The van der Waals surface area contributed by atoms with Crippen molar-refractivity contribution >= 4 is 41.3 Å². The molecular weight excluding hydrogens is 574 g/mol. The summed E-state index contributed by atoms with van der Waals surface area (Å²) < 4.78 is 5.21. The van der Waals surface area contributed by atoms with Gasteiger partial charge < -0.3 is 25.8 Å². The maximum atomic E-state index is 13.5. The second-order valence-electron chi connectivity index (χ2n) is 10.3. The Morgan fingerprint density at radius 3 is 2.28 bits per heavy atom. The molecule has 11 heteroatoms. The first-order valence-electron chi connectivity index (χ1n) is 14.7. The van der Waals surface area contributed by atoms with Crippen LogP contribution in [-0.2, 0) is 36.9 Å². The fourth-order valence-electron chi connectivity index (χ4n) is 4.34. The number of carboxylic acids is 1. The number of hydrogen-bond acceptors (Lipinski definition) is 6. The van der Waals surface area contributed by atoms with Gasteiger partial charge in [0.05, 0.1) is 12.5 Å². The van der Waals surface area contributed by atoms with Crippen LogP contribution in [0.25, 0.3) is 0 Å². The maximum absolute atomic E-state index is 13.5. The van der Waals surface area contributed by atoms with Crippen LogP contribution in [0.1, 0.15) is 69.4 Å². The number of unbranched alkanes of at least 4 members (excludes halogenated alkanes) is 2. The molecule has 0 fully saturated rings. The maximum Gasteiger partial charge on any atom is 0.407 e. The van der Waals surface area contributed by atoms with Gasteiger partial charge in [-0.1, -0.05) is 79.9 Å². The third-order valence-corrected chi connectivity index (χ3v) is 7.15. The predicted molar refractivity (Wildman–Crippen MR) is 163 cm³/mol. The minimum atomic E-state index is -1.10. The average Bonchev–Trinajstić information content (AvgIpc) is 2.99. The van der Waals surface area contributed by atoms with E-state index in [2.05, 4.69) is 16.0 Å². The average molecular weight is 616 g/mol. The summed E-state index contributed by atoms with van der Waals surface area (Å²) in [7, 11) is 0. The van der Waals surface area contributed by atoms with Gasteiger partial charge in [0.1, 0.15) is 6.61 Å². The molecule has 0 aliphatic carbocycles. The molecule has 0 aliphatic rings. The minimum absolute atomic E-state index is 0.0462. The van der Waals surface area contributed by atoms with Gasteiger partial charge in [-0.05, 0) is 37.3 Å². The molecule has 0 saturated carbocycles. The van der Waals surface area contributed by atoms with Crippen LogP contribution in [0.4, 0.5) is 4.79 Å². The van der Waals surface area contributed by atoms with Gasteiger partial charge in [0.15, 0.2) is 5.78 Å². The number of ether oxygens (including phenoxy) is 1. The number of carboxylic acid groups (broad SMARTS) is 1. The summed E-state index contributed by atoms with van der Waals surface area (Å²) in [6.07, 6.45) is 2.23. The number of Topliss-reactive ketones (excluding diaryl/α,β-unsaturated/α-hetero) is 1. The number of alkyl carbamates (subject to hydrolysis) is 1. The summed E-state index contributed by atoms with van der Waals surface area (Å²) in [6, 6.07) is 15.4. The molecule has 0 aromatic heterocycles. The third kappa shape index (κ3) is 14.7. The van der Waals surface area contributed by atoms with Crippen molar-refractivity contribution in [2.24, 2.45) is 5.92 Å². The molecule has 0 spiro atoms. The molecule has 0 aliphatic heterocycles. The van der Waals surface area contributed by atoms with E-state index in [4.69, 9.17) is 21.4 Å². The third-order valence-electron chi connectivity index (χ3n) is 6.79. The Labute approximate surface area is 257 Å². The standard InChI is InChI=1S/C32H42ClN3O7/c1-2-3-18-34-31(41)24(13-9-10-19-35-32(42)43-22-25-14-7-8-15-26(25)33)21-28(37)27(20-23-11-5-4-6-12-23)36-29(38)16-17-30(39)40/h4-8,11-12,14-15,24,27H,2-3,9-10,13,16-22H2,1H3,(H,34,41)(H,35,42)(H,36,38)(H,39,40). The van der Waals surface area contributed by atoms with E-state index in [1.165, 1.54) is 0 Å². The Morgan fingerprint density at radius 2 is 1.58 bits per heavy atom. The topological polar surface area (TPSA) is 151 Å². The highest BCUT2D eigenvalue weighted by Gasteiger charge is 2.27. The zero-order chi connectivity index (χ0) is 31.5. The molecular formula is C32H42ClN3O7.